The summed E-state index contributed by atoms with van der Waals surface area (Å²) in [7, 11) is 3.10. The number of ether oxygens (including phenoxy) is 2. The average Bonchev–Trinajstić information content (AvgIpc) is 2.90. The number of benzene rings is 1. The van der Waals surface area contributed by atoms with Crippen molar-refractivity contribution in [1.29, 1.82) is 0 Å². The van der Waals surface area contributed by atoms with Gasteiger partial charge in [-0.05, 0) is 25.0 Å². The van der Waals surface area contributed by atoms with Gasteiger partial charge < -0.3 is 14.8 Å². The van der Waals surface area contributed by atoms with Crippen LogP contribution in [0.5, 0.6) is 11.5 Å². The Bertz CT molecular complexity index is 623. The zero-order valence-corrected chi connectivity index (χ0v) is 14.7. The van der Waals surface area contributed by atoms with Gasteiger partial charge >= 0.3 is 11.8 Å². The third-order valence-corrected chi connectivity index (χ3v) is 4.21. The van der Waals surface area contributed by atoms with E-state index >= 15 is 0 Å². The number of carbonyl (C=O) groups is 2. The summed E-state index contributed by atoms with van der Waals surface area (Å²) >= 11 is 0. The molecule has 1 aliphatic carbocycles. The molecule has 0 heterocycles. The van der Waals surface area contributed by atoms with Gasteiger partial charge in [0.25, 0.3) is 0 Å². The van der Waals surface area contributed by atoms with Crippen LogP contribution >= 0.6 is 0 Å². The summed E-state index contributed by atoms with van der Waals surface area (Å²) in [6.45, 7) is 0. The Hall–Kier alpha value is -2.57. The van der Waals surface area contributed by atoms with Gasteiger partial charge in [-0.15, -0.1) is 0 Å². The third kappa shape index (κ3) is 5.77. The smallest absolute Gasteiger partial charge is 0.329 e. The number of methoxy groups -OCH3 is 2. The van der Waals surface area contributed by atoms with Crippen LogP contribution in [-0.4, -0.2) is 38.3 Å². The van der Waals surface area contributed by atoms with Crippen LogP contribution in [-0.2, 0) is 9.59 Å². The zero-order chi connectivity index (χ0) is 18.1. The summed E-state index contributed by atoms with van der Waals surface area (Å²) in [6.07, 6.45) is 7.81. The minimum Gasteiger partial charge on any atom is -0.497 e. The molecule has 0 aromatic heterocycles. The van der Waals surface area contributed by atoms with E-state index in [-0.39, 0.29) is 6.04 Å². The Morgan fingerprint density at radius 2 is 1.80 bits per heavy atom. The summed E-state index contributed by atoms with van der Waals surface area (Å²) < 4.78 is 10.4. The van der Waals surface area contributed by atoms with Gasteiger partial charge in [-0.2, -0.15) is 5.10 Å². The second kappa shape index (κ2) is 9.66. The van der Waals surface area contributed by atoms with Crippen molar-refractivity contribution in [3.8, 4) is 11.5 Å². The lowest BCUT2D eigenvalue weighted by Crippen LogP contribution is -2.43. The highest BCUT2D eigenvalue weighted by atomic mass is 16.5. The lowest BCUT2D eigenvalue weighted by atomic mass is 10.1. The minimum absolute atomic E-state index is 0.0754. The van der Waals surface area contributed by atoms with Gasteiger partial charge in [0.2, 0.25) is 0 Å². The SMILES string of the molecule is COc1ccc(/C=N\NC(=O)C(=O)NC2CCCCCC2)c(OC)c1. The number of hydrogen-bond acceptors (Lipinski definition) is 5. The Morgan fingerprint density at radius 3 is 2.44 bits per heavy atom. The van der Waals surface area contributed by atoms with Crippen LogP contribution in [0.1, 0.15) is 44.1 Å². The molecule has 1 aromatic rings. The van der Waals surface area contributed by atoms with E-state index in [1.807, 2.05) is 0 Å². The highest BCUT2D eigenvalue weighted by Gasteiger charge is 2.19. The summed E-state index contributed by atoms with van der Waals surface area (Å²) in [4.78, 5) is 23.8. The molecule has 1 aromatic carbocycles. The Morgan fingerprint density at radius 1 is 1.08 bits per heavy atom. The predicted molar refractivity (Wildman–Crippen MR) is 94.9 cm³/mol. The van der Waals surface area contributed by atoms with Crippen molar-refractivity contribution in [1.82, 2.24) is 10.7 Å². The largest absolute Gasteiger partial charge is 0.497 e. The number of carbonyl (C=O) groups excluding carboxylic acids is 2. The Balaban J connectivity index is 1.88. The van der Waals surface area contributed by atoms with Crippen LogP contribution in [0.2, 0.25) is 0 Å². The van der Waals surface area contributed by atoms with Gasteiger partial charge in [-0.3, -0.25) is 9.59 Å². The normalized spacial score (nSPS) is 15.4. The first-order valence-electron chi connectivity index (χ1n) is 8.50. The summed E-state index contributed by atoms with van der Waals surface area (Å²) in [6, 6.07) is 5.29. The van der Waals surface area contributed by atoms with Crippen molar-refractivity contribution in [3.63, 3.8) is 0 Å². The van der Waals surface area contributed by atoms with E-state index in [1.54, 1.807) is 25.3 Å². The van der Waals surface area contributed by atoms with Crippen molar-refractivity contribution in [3.05, 3.63) is 23.8 Å². The molecular formula is C18H25N3O4. The molecule has 0 saturated heterocycles. The molecule has 1 saturated carbocycles. The van der Waals surface area contributed by atoms with E-state index in [0.717, 1.165) is 25.7 Å². The molecule has 2 rings (SSSR count). The number of nitrogens with zero attached hydrogens (tertiary/aromatic N) is 1. The van der Waals surface area contributed by atoms with Crippen LogP contribution in [0.4, 0.5) is 0 Å². The van der Waals surface area contributed by atoms with Gasteiger partial charge in [0.05, 0.1) is 20.4 Å². The lowest BCUT2D eigenvalue weighted by molar-refractivity contribution is -0.139. The molecule has 2 amide bonds. The summed E-state index contributed by atoms with van der Waals surface area (Å²) in [5, 5.41) is 6.61. The molecule has 0 radical (unpaired) electrons. The van der Waals surface area contributed by atoms with Crippen molar-refractivity contribution in [2.24, 2.45) is 5.10 Å². The first-order valence-corrected chi connectivity index (χ1v) is 8.50. The van der Waals surface area contributed by atoms with E-state index < -0.39 is 11.8 Å². The van der Waals surface area contributed by atoms with Crippen LogP contribution < -0.4 is 20.2 Å². The maximum Gasteiger partial charge on any atom is 0.329 e. The lowest BCUT2D eigenvalue weighted by Gasteiger charge is -2.15. The van der Waals surface area contributed by atoms with Crippen molar-refractivity contribution in [2.45, 2.75) is 44.6 Å². The third-order valence-electron chi connectivity index (χ3n) is 4.21. The van der Waals surface area contributed by atoms with Crippen LogP contribution in [0.15, 0.2) is 23.3 Å². The van der Waals surface area contributed by atoms with E-state index in [1.165, 1.54) is 26.2 Å². The fourth-order valence-corrected chi connectivity index (χ4v) is 2.81. The highest BCUT2D eigenvalue weighted by Crippen LogP contribution is 2.23. The molecule has 0 bridgehead atoms. The van der Waals surface area contributed by atoms with Gasteiger partial charge in [0, 0.05) is 17.7 Å². The van der Waals surface area contributed by atoms with Crippen LogP contribution in [0.25, 0.3) is 0 Å². The first-order chi connectivity index (χ1) is 12.1. The van der Waals surface area contributed by atoms with Crippen molar-refractivity contribution < 1.29 is 19.1 Å². The van der Waals surface area contributed by atoms with Crippen LogP contribution in [0, 0.1) is 0 Å². The monoisotopic (exact) mass is 347 g/mol. The average molecular weight is 347 g/mol. The zero-order valence-electron chi connectivity index (χ0n) is 14.7. The first kappa shape index (κ1) is 18.8. The van der Waals surface area contributed by atoms with E-state index in [2.05, 4.69) is 15.8 Å². The molecule has 0 atom stereocenters. The number of rotatable bonds is 5. The molecule has 1 aliphatic rings. The second-order valence-electron chi connectivity index (χ2n) is 5.97. The second-order valence-corrected chi connectivity index (χ2v) is 5.97. The van der Waals surface area contributed by atoms with E-state index in [0.29, 0.717) is 17.1 Å². The predicted octanol–water partition coefficient (Wildman–Crippen LogP) is 1.99. The molecule has 2 N–H and O–H groups in total. The molecule has 25 heavy (non-hydrogen) atoms. The van der Waals surface area contributed by atoms with Gasteiger partial charge in [0.15, 0.2) is 0 Å². The quantitative estimate of drug-likeness (QED) is 0.369. The number of amides is 2. The molecule has 0 spiro atoms. The molecule has 7 nitrogen and oxygen atoms in total. The maximum absolute atomic E-state index is 11.9. The standard InChI is InChI=1S/C18H25N3O4/c1-24-15-10-9-13(16(11-15)25-2)12-19-21-18(23)17(22)20-14-7-5-3-4-6-8-14/h9-12,14H,3-8H2,1-2H3,(H,20,22)(H,21,23)/b19-12-. The summed E-state index contributed by atoms with van der Waals surface area (Å²) in [5.41, 5.74) is 2.91. The van der Waals surface area contributed by atoms with E-state index in [4.69, 9.17) is 9.47 Å². The summed E-state index contributed by atoms with van der Waals surface area (Å²) in [5.74, 6) is -0.209. The molecule has 1 fully saturated rings. The molecule has 136 valence electrons. The Labute approximate surface area is 147 Å². The molecule has 7 heteroatoms. The number of nitrogens with one attached hydrogen (secondary N) is 2. The molecule has 0 aliphatic heterocycles. The highest BCUT2D eigenvalue weighted by molar-refractivity contribution is 6.35. The van der Waals surface area contributed by atoms with Gasteiger partial charge in [-0.1, -0.05) is 25.7 Å². The van der Waals surface area contributed by atoms with Crippen LogP contribution in [0.3, 0.4) is 0 Å². The minimum atomic E-state index is -0.770. The van der Waals surface area contributed by atoms with E-state index in [9.17, 15) is 9.59 Å². The number of hydrogen-bond donors (Lipinski definition) is 2. The van der Waals surface area contributed by atoms with Crippen molar-refractivity contribution >= 4 is 18.0 Å². The van der Waals surface area contributed by atoms with Gasteiger partial charge in [0.1, 0.15) is 11.5 Å². The maximum atomic E-state index is 11.9. The Kier molecular flexibility index (Phi) is 7.25. The fourth-order valence-electron chi connectivity index (χ4n) is 2.81. The fraction of sp³-hybridized carbons (Fsp3) is 0.500. The van der Waals surface area contributed by atoms with Crippen molar-refractivity contribution in [2.75, 3.05) is 14.2 Å². The number of hydrazone groups is 1. The topological polar surface area (TPSA) is 89.0 Å². The van der Waals surface area contributed by atoms with Gasteiger partial charge in [-0.25, -0.2) is 5.43 Å². The molecule has 0 unspecified atom stereocenters. The molecular weight excluding hydrogens is 322 g/mol.